The lowest BCUT2D eigenvalue weighted by Gasteiger charge is -2.31. The van der Waals surface area contributed by atoms with Gasteiger partial charge in [-0.3, -0.25) is 9.59 Å². The van der Waals surface area contributed by atoms with Crippen molar-refractivity contribution >= 4 is 11.8 Å². The van der Waals surface area contributed by atoms with Crippen LogP contribution in [0.1, 0.15) is 38.3 Å². The van der Waals surface area contributed by atoms with Gasteiger partial charge in [0.25, 0.3) is 5.91 Å². The fourth-order valence-corrected chi connectivity index (χ4v) is 3.02. The van der Waals surface area contributed by atoms with Gasteiger partial charge in [-0.15, -0.1) is 0 Å². The third-order valence-corrected chi connectivity index (χ3v) is 4.73. The van der Waals surface area contributed by atoms with E-state index in [9.17, 15) is 14.0 Å². The molecule has 0 fully saturated rings. The van der Waals surface area contributed by atoms with Gasteiger partial charge >= 0.3 is 0 Å². The highest BCUT2D eigenvalue weighted by Crippen LogP contribution is 2.17. The fourth-order valence-electron chi connectivity index (χ4n) is 3.02. The maximum Gasteiger partial charge on any atom is 0.261 e. The number of hydrogen-bond donors (Lipinski definition) is 1. The van der Waals surface area contributed by atoms with Crippen molar-refractivity contribution in [3.05, 3.63) is 65.5 Å². The summed E-state index contributed by atoms with van der Waals surface area (Å²) < 4.78 is 19.3. The molecule has 5 nitrogen and oxygen atoms in total. The monoisotopic (exact) mass is 414 g/mol. The number of hydrogen-bond acceptors (Lipinski definition) is 3. The second kappa shape index (κ2) is 11.3. The third kappa shape index (κ3) is 6.87. The molecule has 0 heterocycles. The molecule has 1 atom stereocenters. The molecule has 2 rings (SSSR count). The highest BCUT2D eigenvalue weighted by Gasteiger charge is 2.29. The van der Waals surface area contributed by atoms with Crippen molar-refractivity contribution in [2.24, 2.45) is 5.92 Å². The van der Waals surface area contributed by atoms with E-state index < -0.39 is 11.9 Å². The molecule has 162 valence electrons. The van der Waals surface area contributed by atoms with Crippen LogP contribution in [-0.2, 0) is 16.1 Å². The first kappa shape index (κ1) is 23.4. The van der Waals surface area contributed by atoms with Crippen LogP contribution in [0.25, 0.3) is 0 Å². The van der Waals surface area contributed by atoms with Crippen LogP contribution in [0, 0.1) is 18.7 Å². The number of rotatable bonds is 10. The van der Waals surface area contributed by atoms with Gasteiger partial charge < -0.3 is 15.0 Å². The first-order valence-corrected chi connectivity index (χ1v) is 10.3. The Morgan fingerprint density at radius 2 is 1.77 bits per heavy atom. The molecule has 2 amide bonds. The van der Waals surface area contributed by atoms with Gasteiger partial charge in [0, 0.05) is 13.1 Å². The van der Waals surface area contributed by atoms with Crippen LogP contribution < -0.4 is 10.1 Å². The Kier molecular flexibility index (Phi) is 8.84. The van der Waals surface area contributed by atoms with E-state index in [2.05, 4.69) is 5.32 Å². The number of carbonyl (C=O) groups is 2. The zero-order chi connectivity index (χ0) is 22.1. The van der Waals surface area contributed by atoms with Gasteiger partial charge in [0.1, 0.15) is 6.04 Å². The van der Waals surface area contributed by atoms with Crippen LogP contribution >= 0.6 is 0 Å². The van der Waals surface area contributed by atoms with E-state index in [1.165, 1.54) is 17.0 Å². The van der Waals surface area contributed by atoms with Gasteiger partial charge in [-0.1, -0.05) is 62.7 Å². The molecule has 1 N–H and O–H groups in total. The second-order valence-electron chi connectivity index (χ2n) is 7.79. The summed E-state index contributed by atoms with van der Waals surface area (Å²) >= 11 is 0. The SMILES string of the molecule is CCC(C(=O)NCC(C)C)N(Cc1ccc(C)cc1)C(=O)COc1ccccc1F. The van der Waals surface area contributed by atoms with E-state index >= 15 is 0 Å². The van der Waals surface area contributed by atoms with E-state index in [1.54, 1.807) is 12.1 Å². The molecule has 0 saturated carbocycles. The minimum Gasteiger partial charge on any atom is -0.481 e. The molecular formula is C24H31FN2O3. The quantitative estimate of drug-likeness (QED) is 0.637. The number of nitrogens with one attached hydrogen (secondary N) is 1. The molecule has 0 bridgehead atoms. The van der Waals surface area contributed by atoms with E-state index in [1.807, 2.05) is 52.0 Å². The molecule has 0 aliphatic rings. The van der Waals surface area contributed by atoms with Gasteiger partial charge in [0.2, 0.25) is 5.91 Å². The van der Waals surface area contributed by atoms with Crippen LogP contribution in [0.4, 0.5) is 4.39 Å². The predicted molar refractivity (Wildman–Crippen MR) is 116 cm³/mol. The molecule has 30 heavy (non-hydrogen) atoms. The van der Waals surface area contributed by atoms with Crippen LogP contribution in [-0.4, -0.2) is 35.9 Å². The van der Waals surface area contributed by atoms with Crippen molar-refractivity contribution in [1.29, 1.82) is 0 Å². The van der Waals surface area contributed by atoms with E-state index in [0.29, 0.717) is 18.9 Å². The highest BCUT2D eigenvalue weighted by molar-refractivity contribution is 5.88. The number of ether oxygens (including phenoxy) is 1. The molecule has 0 aliphatic heterocycles. The number of halogens is 1. The lowest BCUT2D eigenvalue weighted by atomic mass is 10.1. The Morgan fingerprint density at radius 1 is 1.10 bits per heavy atom. The Morgan fingerprint density at radius 3 is 2.37 bits per heavy atom. The van der Waals surface area contributed by atoms with Crippen LogP contribution in [0.2, 0.25) is 0 Å². The number of nitrogens with zero attached hydrogens (tertiary/aromatic N) is 1. The Balaban J connectivity index is 2.19. The van der Waals surface area contributed by atoms with Crippen LogP contribution in [0.15, 0.2) is 48.5 Å². The predicted octanol–water partition coefficient (Wildman–Crippen LogP) is 4.09. The zero-order valence-electron chi connectivity index (χ0n) is 18.2. The maximum absolute atomic E-state index is 13.8. The van der Waals surface area contributed by atoms with E-state index in [0.717, 1.165) is 11.1 Å². The molecule has 0 aromatic heterocycles. The molecule has 2 aromatic carbocycles. The third-order valence-electron chi connectivity index (χ3n) is 4.73. The first-order valence-electron chi connectivity index (χ1n) is 10.3. The Bertz CT molecular complexity index is 837. The van der Waals surface area contributed by atoms with Gasteiger partial charge in [0.15, 0.2) is 18.2 Å². The maximum atomic E-state index is 13.8. The van der Waals surface area contributed by atoms with Crippen molar-refractivity contribution in [2.45, 2.75) is 46.7 Å². The van der Waals surface area contributed by atoms with E-state index in [4.69, 9.17) is 4.74 Å². The van der Waals surface area contributed by atoms with Crippen molar-refractivity contribution in [3.63, 3.8) is 0 Å². The molecule has 6 heteroatoms. The molecule has 1 unspecified atom stereocenters. The van der Waals surface area contributed by atoms with Gasteiger partial charge in [0.05, 0.1) is 0 Å². The van der Waals surface area contributed by atoms with Crippen molar-refractivity contribution in [1.82, 2.24) is 10.2 Å². The van der Waals surface area contributed by atoms with Crippen molar-refractivity contribution < 1.29 is 18.7 Å². The average molecular weight is 415 g/mol. The summed E-state index contributed by atoms with van der Waals surface area (Å²) in [6, 6.07) is 13.1. The topological polar surface area (TPSA) is 58.6 Å². The number of benzene rings is 2. The van der Waals surface area contributed by atoms with Gasteiger partial charge in [-0.2, -0.15) is 0 Å². The second-order valence-corrected chi connectivity index (χ2v) is 7.79. The number of aryl methyl sites for hydroxylation is 1. The summed E-state index contributed by atoms with van der Waals surface area (Å²) in [5, 5.41) is 2.91. The number of amides is 2. The number of para-hydroxylation sites is 1. The molecule has 0 spiro atoms. The molecule has 2 aromatic rings. The minimum absolute atomic E-state index is 0.0124. The normalized spacial score (nSPS) is 11.8. The minimum atomic E-state index is -0.637. The average Bonchev–Trinajstić information content (AvgIpc) is 2.72. The fraction of sp³-hybridized carbons (Fsp3) is 0.417. The lowest BCUT2D eigenvalue weighted by molar-refractivity contribution is -0.143. The van der Waals surface area contributed by atoms with Crippen LogP contribution in [0.3, 0.4) is 0 Å². The van der Waals surface area contributed by atoms with Gasteiger partial charge in [-0.05, 0) is 37.0 Å². The summed E-state index contributed by atoms with van der Waals surface area (Å²) in [4.78, 5) is 27.3. The molecule has 0 saturated heterocycles. The van der Waals surface area contributed by atoms with Crippen molar-refractivity contribution in [2.75, 3.05) is 13.2 Å². The summed E-state index contributed by atoms with van der Waals surface area (Å²) in [6.45, 7) is 8.34. The first-order chi connectivity index (χ1) is 14.3. The standard InChI is InChI=1S/C24H31FN2O3/c1-5-21(24(29)26-14-17(2)3)27(15-19-12-10-18(4)11-13-19)23(28)16-30-22-9-7-6-8-20(22)25/h6-13,17,21H,5,14-16H2,1-4H3,(H,26,29). The zero-order valence-corrected chi connectivity index (χ0v) is 18.2. The lowest BCUT2D eigenvalue weighted by Crippen LogP contribution is -2.50. The Hall–Kier alpha value is -2.89. The highest BCUT2D eigenvalue weighted by atomic mass is 19.1. The summed E-state index contributed by atoms with van der Waals surface area (Å²) in [7, 11) is 0. The Labute approximate surface area is 178 Å². The summed E-state index contributed by atoms with van der Waals surface area (Å²) in [5.74, 6) is -0.782. The molecule has 0 radical (unpaired) electrons. The van der Waals surface area contributed by atoms with Gasteiger partial charge in [-0.25, -0.2) is 4.39 Å². The summed E-state index contributed by atoms with van der Waals surface area (Å²) in [6.07, 6.45) is 0.460. The smallest absolute Gasteiger partial charge is 0.261 e. The summed E-state index contributed by atoms with van der Waals surface area (Å²) in [5.41, 5.74) is 2.02. The van der Waals surface area contributed by atoms with E-state index in [-0.39, 0.29) is 30.7 Å². The number of carbonyl (C=O) groups excluding carboxylic acids is 2. The molecular weight excluding hydrogens is 383 g/mol. The largest absolute Gasteiger partial charge is 0.481 e. The molecule has 0 aliphatic carbocycles. The van der Waals surface area contributed by atoms with Crippen molar-refractivity contribution in [3.8, 4) is 5.75 Å². The van der Waals surface area contributed by atoms with Crippen LogP contribution in [0.5, 0.6) is 5.75 Å².